The number of fused-ring (bicyclic) bond motifs is 1. The van der Waals surface area contributed by atoms with Crippen molar-refractivity contribution in [2.45, 2.75) is 18.4 Å². The SMILES string of the molecule is COc1ccc(C2Cc3ccccc3NC(=O)C2N)cc1. The Morgan fingerprint density at radius 3 is 2.57 bits per heavy atom. The van der Waals surface area contributed by atoms with E-state index in [-0.39, 0.29) is 11.8 Å². The number of rotatable bonds is 2. The normalized spacial score (nSPS) is 21.1. The third-order valence-electron chi connectivity index (χ3n) is 4.00. The van der Waals surface area contributed by atoms with E-state index < -0.39 is 6.04 Å². The first-order valence-electron chi connectivity index (χ1n) is 6.97. The molecule has 2 aromatic rings. The molecule has 21 heavy (non-hydrogen) atoms. The van der Waals surface area contributed by atoms with E-state index in [9.17, 15) is 4.79 Å². The number of hydrogen-bond acceptors (Lipinski definition) is 3. The summed E-state index contributed by atoms with van der Waals surface area (Å²) in [6, 6.07) is 15.0. The summed E-state index contributed by atoms with van der Waals surface area (Å²) in [5.74, 6) is 0.617. The Balaban J connectivity index is 1.98. The van der Waals surface area contributed by atoms with Gasteiger partial charge in [-0.2, -0.15) is 0 Å². The molecule has 1 amide bonds. The number of carbonyl (C=O) groups excluding carboxylic acids is 1. The van der Waals surface area contributed by atoms with E-state index in [0.29, 0.717) is 0 Å². The Kier molecular flexibility index (Phi) is 3.62. The van der Waals surface area contributed by atoms with Gasteiger partial charge in [-0.25, -0.2) is 0 Å². The summed E-state index contributed by atoms with van der Waals surface area (Å²) in [6.07, 6.45) is 0.739. The maximum absolute atomic E-state index is 12.2. The Bertz CT molecular complexity index is 652. The van der Waals surface area contributed by atoms with E-state index in [4.69, 9.17) is 10.5 Å². The number of nitrogens with two attached hydrogens (primary N) is 1. The van der Waals surface area contributed by atoms with Crippen LogP contribution in [0.25, 0.3) is 0 Å². The molecule has 0 saturated carbocycles. The van der Waals surface area contributed by atoms with Crippen molar-refractivity contribution in [1.82, 2.24) is 0 Å². The lowest BCUT2D eigenvalue weighted by Crippen LogP contribution is -2.39. The molecule has 0 spiro atoms. The minimum absolute atomic E-state index is 0.0421. The Labute approximate surface area is 123 Å². The maximum atomic E-state index is 12.2. The molecule has 0 bridgehead atoms. The van der Waals surface area contributed by atoms with Crippen LogP contribution in [0.2, 0.25) is 0 Å². The highest BCUT2D eigenvalue weighted by atomic mass is 16.5. The van der Waals surface area contributed by atoms with Crippen molar-refractivity contribution in [2.75, 3.05) is 12.4 Å². The van der Waals surface area contributed by atoms with Crippen molar-refractivity contribution < 1.29 is 9.53 Å². The second-order valence-electron chi connectivity index (χ2n) is 5.26. The summed E-state index contributed by atoms with van der Waals surface area (Å²) in [6.45, 7) is 0. The molecule has 3 rings (SSSR count). The lowest BCUT2D eigenvalue weighted by molar-refractivity contribution is -0.117. The molecule has 108 valence electrons. The lowest BCUT2D eigenvalue weighted by Gasteiger charge is -2.20. The van der Waals surface area contributed by atoms with Crippen LogP contribution < -0.4 is 15.8 Å². The van der Waals surface area contributed by atoms with Crippen LogP contribution in [0.3, 0.4) is 0 Å². The molecule has 0 aromatic heterocycles. The molecule has 4 heteroatoms. The Morgan fingerprint density at radius 1 is 1.14 bits per heavy atom. The summed E-state index contributed by atoms with van der Waals surface area (Å²) < 4.78 is 5.17. The van der Waals surface area contributed by atoms with E-state index >= 15 is 0 Å². The number of anilines is 1. The summed E-state index contributed by atoms with van der Waals surface area (Å²) >= 11 is 0. The van der Waals surface area contributed by atoms with Crippen LogP contribution in [0, 0.1) is 0 Å². The fourth-order valence-electron chi connectivity index (χ4n) is 2.76. The van der Waals surface area contributed by atoms with Gasteiger partial charge < -0.3 is 15.8 Å². The predicted molar refractivity (Wildman–Crippen MR) is 82.5 cm³/mol. The van der Waals surface area contributed by atoms with Gasteiger partial charge in [-0.15, -0.1) is 0 Å². The van der Waals surface area contributed by atoms with Crippen molar-refractivity contribution in [1.29, 1.82) is 0 Å². The number of ether oxygens (including phenoxy) is 1. The minimum Gasteiger partial charge on any atom is -0.497 e. The molecule has 4 nitrogen and oxygen atoms in total. The number of para-hydroxylation sites is 1. The lowest BCUT2D eigenvalue weighted by atomic mass is 9.86. The minimum atomic E-state index is -0.564. The number of amides is 1. The fraction of sp³-hybridized carbons (Fsp3) is 0.235. The van der Waals surface area contributed by atoms with Crippen molar-refractivity contribution >= 4 is 11.6 Å². The van der Waals surface area contributed by atoms with Gasteiger partial charge in [-0.1, -0.05) is 30.3 Å². The summed E-state index contributed by atoms with van der Waals surface area (Å²) in [7, 11) is 1.64. The highest BCUT2D eigenvalue weighted by Crippen LogP contribution is 2.31. The van der Waals surface area contributed by atoms with E-state index in [1.165, 1.54) is 0 Å². The third-order valence-corrected chi connectivity index (χ3v) is 4.00. The van der Waals surface area contributed by atoms with Crippen molar-refractivity contribution in [2.24, 2.45) is 5.73 Å². The van der Waals surface area contributed by atoms with Crippen molar-refractivity contribution in [3.63, 3.8) is 0 Å². The molecule has 2 aromatic carbocycles. The summed E-state index contributed by atoms with van der Waals surface area (Å²) in [5, 5.41) is 2.91. The van der Waals surface area contributed by atoms with Gasteiger partial charge in [0.2, 0.25) is 5.91 Å². The van der Waals surface area contributed by atoms with Crippen LogP contribution >= 0.6 is 0 Å². The standard InChI is InChI=1S/C17H18N2O2/c1-21-13-8-6-11(7-9-13)14-10-12-4-2-3-5-15(12)19-17(20)16(14)18/h2-9,14,16H,10,18H2,1H3,(H,19,20). The van der Waals surface area contributed by atoms with Gasteiger partial charge in [0.1, 0.15) is 5.75 Å². The molecule has 1 aliphatic rings. The molecule has 1 heterocycles. The zero-order valence-corrected chi connectivity index (χ0v) is 11.9. The van der Waals surface area contributed by atoms with Gasteiger partial charge in [0.15, 0.2) is 0 Å². The molecule has 0 radical (unpaired) electrons. The van der Waals surface area contributed by atoms with Crippen LogP contribution in [0.4, 0.5) is 5.69 Å². The van der Waals surface area contributed by atoms with Gasteiger partial charge in [0.05, 0.1) is 13.2 Å². The molecule has 3 N–H and O–H groups in total. The first-order chi connectivity index (χ1) is 10.2. The zero-order chi connectivity index (χ0) is 14.8. The number of benzene rings is 2. The second kappa shape index (κ2) is 5.58. The fourth-order valence-corrected chi connectivity index (χ4v) is 2.76. The van der Waals surface area contributed by atoms with Crippen molar-refractivity contribution in [3.8, 4) is 5.75 Å². The molecular formula is C17H18N2O2. The van der Waals surface area contributed by atoms with Crippen LogP contribution in [0.15, 0.2) is 48.5 Å². The smallest absolute Gasteiger partial charge is 0.241 e. The van der Waals surface area contributed by atoms with Crippen molar-refractivity contribution in [3.05, 3.63) is 59.7 Å². The quantitative estimate of drug-likeness (QED) is 0.888. The van der Waals surface area contributed by atoms with Gasteiger partial charge in [-0.3, -0.25) is 4.79 Å². The predicted octanol–water partition coefficient (Wildman–Crippen LogP) is 2.30. The molecule has 2 unspecified atom stereocenters. The molecular weight excluding hydrogens is 264 g/mol. The van der Waals surface area contributed by atoms with Crippen LogP contribution in [0.5, 0.6) is 5.75 Å². The van der Waals surface area contributed by atoms with E-state index in [2.05, 4.69) is 5.32 Å². The summed E-state index contributed by atoms with van der Waals surface area (Å²) in [5.41, 5.74) is 9.18. The molecule has 0 aliphatic carbocycles. The average molecular weight is 282 g/mol. The van der Waals surface area contributed by atoms with Gasteiger partial charge in [0.25, 0.3) is 0 Å². The first-order valence-corrected chi connectivity index (χ1v) is 6.97. The Morgan fingerprint density at radius 2 is 1.86 bits per heavy atom. The largest absolute Gasteiger partial charge is 0.497 e. The maximum Gasteiger partial charge on any atom is 0.241 e. The van der Waals surface area contributed by atoms with E-state index in [1.807, 2.05) is 48.5 Å². The van der Waals surface area contributed by atoms with E-state index in [1.54, 1.807) is 7.11 Å². The average Bonchev–Trinajstić information content (AvgIpc) is 2.65. The van der Waals surface area contributed by atoms with Crippen LogP contribution in [0.1, 0.15) is 17.0 Å². The highest BCUT2D eigenvalue weighted by molar-refractivity contribution is 5.97. The molecule has 1 aliphatic heterocycles. The van der Waals surface area contributed by atoms with E-state index in [0.717, 1.165) is 29.0 Å². The summed E-state index contributed by atoms with van der Waals surface area (Å²) in [4.78, 5) is 12.2. The zero-order valence-electron chi connectivity index (χ0n) is 11.9. The van der Waals surface area contributed by atoms with Gasteiger partial charge >= 0.3 is 0 Å². The third kappa shape index (κ3) is 2.62. The highest BCUT2D eigenvalue weighted by Gasteiger charge is 2.30. The topological polar surface area (TPSA) is 64.3 Å². The van der Waals surface area contributed by atoms with Crippen LogP contribution in [-0.4, -0.2) is 19.1 Å². The second-order valence-corrected chi connectivity index (χ2v) is 5.26. The van der Waals surface area contributed by atoms with Crippen LogP contribution in [-0.2, 0) is 11.2 Å². The number of carbonyl (C=O) groups is 1. The Hall–Kier alpha value is -2.33. The molecule has 0 fully saturated rings. The van der Waals surface area contributed by atoms with Gasteiger partial charge in [0, 0.05) is 11.6 Å². The molecule has 2 atom stereocenters. The van der Waals surface area contributed by atoms with Gasteiger partial charge in [-0.05, 0) is 35.7 Å². The molecule has 0 saturated heterocycles. The number of nitrogens with one attached hydrogen (secondary N) is 1. The number of hydrogen-bond donors (Lipinski definition) is 2. The number of methoxy groups -OCH3 is 1. The monoisotopic (exact) mass is 282 g/mol. The first kappa shape index (κ1) is 13.6.